The van der Waals surface area contributed by atoms with Crippen LogP contribution in [0.3, 0.4) is 0 Å². The Bertz CT molecular complexity index is 556. The van der Waals surface area contributed by atoms with Crippen molar-refractivity contribution in [3.63, 3.8) is 0 Å². The van der Waals surface area contributed by atoms with E-state index >= 15 is 0 Å². The van der Waals surface area contributed by atoms with Crippen molar-refractivity contribution in [1.29, 1.82) is 0 Å². The molecule has 3 heteroatoms. The minimum atomic E-state index is -1.10. The minimum Gasteiger partial charge on any atom is -0.383 e. The SMILES string of the molecule is Cc1cc(C)cc(CC(C)(O)c2ccc(F)cn2)c1. The molecule has 0 spiro atoms. The number of rotatable bonds is 3. The predicted octanol–water partition coefficient (Wildman–Crippen LogP) is 3.29. The van der Waals surface area contributed by atoms with E-state index in [1.807, 2.05) is 26.0 Å². The Balaban J connectivity index is 2.27. The Labute approximate surface area is 112 Å². The monoisotopic (exact) mass is 259 g/mol. The van der Waals surface area contributed by atoms with Crippen LogP contribution < -0.4 is 0 Å². The molecule has 0 aliphatic heterocycles. The molecule has 1 heterocycles. The van der Waals surface area contributed by atoms with Crippen LogP contribution in [0.4, 0.5) is 4.39 Å². The maximum absolute atomic E-state index is 12.9. The lowest BCUT2D eigenvalue weighted by molar-refractivity contribution is 0.0529. The average Bonchev–Trinajstić information content (AvgIpc) is 2.27. The molecule has 1 unspecified atom stereocenters. The third-order valence-electron chi connectivity index (χ3n) is 3.11. The van der Waals surface area contributed by atoms with Crippen molar-refractivity contribution >= 4 is 0 Å². The molecule has 19 heavy (non-hydrogen) atoms. The van der Waals surface area contributed by atoms with E-state index in [0.717, 1.165) is 22.9 Å². The van der Waals surface area contributed by atoms with Gasteiger partial charge in [0.25, 0.3) is 0 Å². The highest BCUT2D eigenvalue weighted by atomic mass is 19.1. The van der Waals surface area contributed by atoms with E-state index in [1.54, 1.807) is 6.92 Å². The van der Waals surface area contributed by atoms with E-state index in [2.05, 4.69) is 11.1 Å². The van der Waals surface area contributed by atoms with Crippen LogP contribution in [0.15, 0.2) is 36.5 Å². The van der Waals surface area contributed by atoms with Crippen molar-refractivity contribution < 1.29 is 9.50 Å². The highest BCUT2D eigenvalue weighted by Crippen LogP contribution is 2.24. The summed E-state index contributed by atoms with van der Waals surface area (Å²) in [4.78, 5) is 3.97. The maximum Gasteiger partial charge on any atom is 0.141 e. The van der Waals surface area contributed by atoms with Crippen LogP contribution in [-0.2, 0) is 12.0 Å². The van der Waals surface area contributed by atoms with Crippen molar-refractivity contribution in [3.8, 4) is 0 Å². The van der Waals surface area contributed by atoms with E-state index in [4.69, 9.17) is 0 Å². The number of aliphatic hydroxyl groups is 1. The molecule has 0 bridgehead atoms. The summed E-state index contributed by atoms with van der Waals surface area (Å²) in [7, 11) is 0. The summed E-state index contributed by atoms with van der Waals surface area (Å²) in [6, 6.07) is 9.03. The summed E-state index contributed by atoms with van der Waals surface area (Å²) < 4.78 is 12.9. The number of aromatic nitrogens is 1. The predicted molar refractivity (Wildman–Crippen MR) is 73.4 cm³/mol. The molecule has 0 saturated carbocycles. The van der Waals surface area contributed by atoms with Crippen molar-refractivity contribution in [1.82, 2.24) is 4.98 Å². The molecule has 1 aromatic heterocycles. The molecule has 0 fully saturated rings. The molecular weight excluding hydrogens is 241 g/mol. The van der Waals surface area contributed by atoms with E-state index < -0.39 is 11.4 Å². The lowest BCUT2D eigenvalue weighted by atomic mass is 9.91. The summed E-state index contributed by atoms with van der Waals surface area (Å²) >= 11 is 0. The number of benzene rings is 1. The largest absolute Gasteiger partial charge is 0.383 e. The van der Waals surface area contributed by atoms with Crippen molar-refractivity contribution in [3.05, 3.63) is 64.7 Å². The van der Waals surface area contributed by atoms with Crippen LogP contribution in [-0.4, -0.2) is 10.1 Å². The average molecular weight is 259 g/mol. The Hall–Kier alpha value is -1.74. The number of nitrogens with zero attached hydrogens (tertiary/aromatic N) is 1. The lowest BCUT2D eigenvalue weighted by Gasteiger charge is -2.23. The third-order valence-corrected chi connectivity index (χ3v) is 3.11. The van der Waals surface area contributed by atoms with E-state index in [1.165, 1.54) is 12.1 Å². The molecule has 1 N–H and O–H groups in total. The first-order chi connectivity index (χ1) is 8.87. The van der Waals surface area contributed by atoms with Crippen molar-refractivity contribution in [2.75, 3.05) is 0 Å². The van der Waals surface area contributed by atoms with Gasteiger partial charge in [-0.3, -0.25) is 4.98 Å². The van der Waals surface area contributed by atoms with Crippen LogP contribution >= 0.6 is 0 Å². The second kappa shape index (κ2) is 5.10. The van der Waals surface area contributed by atoms with E-state index in [0.29, 0.717) is 12.1 Å². The maximum atomic E-state index is 12.9. The molecular formula is C16H18FNO. The molecule has 100 valence electrons. The van der Waals surface area contributed by atoms with Crippen LogP contribution in [0.5, 0.6) is 0 Å². The van der Waals surface area contributed by atoms with E-state index in [9.17, 15) is 9.50 Å². The Morgan fingerprint density at radius 2 is 1.79 bits per heavy atom. The van der Waals surface area contributed by atoms with Gasteiger partial charge in [-0.05, 0) is 38.5 Å². The van der Waals surface area contributed by atoms with Gasteiger partial charge in [0, 0.05) is 6.42 Å². The van der Waals surface area contributed by atoms with Gasteiger partial charge >= 0.3 is 0 Å². The van der Waals surface area contributed by atoms with Gasteiger partial charge in [0.1, 0.15) is 11.4 Å². The summed E-state index contributed by atoms with van der Waals surface area (Å²) in [6.07, 6.45) is 1.58. The smallest absolute Gasteiger partial charge is 0.141 e. The molecule has 2 aromatic rings. The zero-order chi connectivity index (χ0) is 14.0. The quantitative estimate of drug-likeness (QED) is 0.917. The van der Waals surface area contributed by atoms with Crippen LogP contribution in [0.2, 0.25) is 0 Å². The molecule has 1 atom stereocenters. The second-order valence-electron chi connectivity index (χ2n) is 5.31. The normalized spacial score (nSPS) is 14.2. The summed E-state index contributed by atoms with van der Waals surface area (Å²) in [5.74, 6) is -0.397. The Kier molecular flexibility index (Phi) is 3.67. The number of aryl methyl sites for hydroxylation is 2. The molecule has 2 rings (SSSR count). The zero-order valence-electron chi connectivity index (χ0n) is 11.4. The van der Waals surface area contributed by atoms with Gasteiger partial charge < -0.3 is 5.11 Å². The van der Waals surface area contributed by atoms with E-state index in [-0.39, 0.29) is 0 Å². The first-order valence-corrected chi connectivity index (χ1v) is 6.28. The summed E-state index contributed by atoms with van der Waals surface area (Å²) in [5.41, 5.74) is 2.76. The number of hydrogen-bond acceptors (Lipinski definition) is 2. The first kappa shape index (κ1) is 13.7. The Morgan fingerprint density at radius 3 is 2.32 bits per heavy atom. The number of pyridine rings is 1. The highest BCUT2D eigenvalue weighted by Gasteiger charge is 2.25. The van der Waals surface area contributed by atoms with Crippen molar-refractivity contribution in [2.24, 2.45) is 0 Å². The zero-order valence-corrected chi connectivity index (χ0v) is 11.4. The molecule has 2 nitrogen and oxygen atoms in total. The van der Waals surface area contributed by atoms with Crippen LogP contribution in [0.25, 0.3) is 0 Å². The number of halogens is 1. The first-order valence-electron chi connectivity index (χ1n) is 6.28. The fraction of sp³-hybridized carbons (Fsp3) is 0.312. The van der Waals surface area contributed by atoms with Crippen LogP contribution in [0.1, 0.15) is 29.3 Å². The van der Waals surface area contributed by atoms with Crippen molar-refractivity contribution in [2.45, 2.75) is 32.8 Å². The van der Waals surface area contributed by atoms with Gasteiger partial charge in [0.05, 0.1) is 11.9 Å². The molecule has 0 radical (unpaired) electrons. The second-order valence-corrected chi connectivity index (χ2v) is 5.31. The van der Waals surface area contributed by atoms with Gasteiger partial charge in [-0.2, -0.15) is 0 Å². The standard InChI is InChI=1S/C16H18FNO/c1-11-6-12(2)8-13(7-11)9-16(3,19)15-5-4-14(17)10-18-15/h4-8,10,19H,9H2,1-3H3. The molecule has 0 amide bonds. The molecule has 0 aliphatic carbocycles. The fourth-order valence-corrected chi connectivity index (χ4v) is 2.35. The summed E-state index contributed by atoms with van der Waals surface area (Å²) in [5, 5.41) is 10.5. The van der Waals surface area contributed by atoms with Gasteiger partial charge in [-0.25, -0.2) is 4.39 Å². The summed E-state index contributed by atoms with van der Waals surface area (Å²) in [6.45, 7) is 5.76. The molecule has 0 aliphatic rings. The Morgan fingerprint density at radius 1 is 1.16 bits per heavy atom. The fourth-order valence-electron chi connectivity index (χ4n) is 2.35. The van der Waals surface area contributed by atoms with Gasteiger partial charge in [0.15, 0.2) is 0 Å². The van der Waals surface area contributed by atoms with Gasteiger partial charge in [-0.1, -0.05) is 29.3 Å². The minimum absolute atomic E-state index is 0.397. The lowest BCUT2D eigenvalue weighted by Crippen LogP contribution is -2.25. The topological polar surface area (TPSA) is 33.1 Å². The number of hydrogen-bond donors (Lipinski definition) is 1. The van der Waals surface area contributed by atoms with Gasteiger partial charge in [-0.15, -0.1) is 0 Å². The third kappa shape index (κ3) is 3.38. The van der Waals surface area contributed by atoms with Gasteiger partial charge in [0.2, 0.25) is 0 Å². The molecule has 1 aromatic carbocycles. The van der Waals surface area contributed by atoms with Crippen LogP contribution in [0, 0.1) is 19.7 Å². The molecule has 0 saturated heterocycles. The highest BCUT2D eigenvalue weighted by molar-refractivity contribution is 5.30.